The Morgan fingerprint density at radius 2 is 1.63 bits per heavy atom. The molecule has 0 unspecified atom stereocenters. The minimum atomic E-state index is -0.825. The number of urea groups is 1. The maximum atomic E-state index is 14.0. The van der Waals surface area contributed by atoms with Gasteiger partial charge in [0.05, 0.1) is 26.9 Å². The van der Waals surface area contributed by atoms with Gasteiger partial charge in [0, 0.05) is 5.56 Å². The van der Waals surface area contributed by atoms with Crippen LogP contribution in [0.5, 0.6) is 23.0 Å². The third-order valence-corrected chi connectivity index (χ3v) is 6.14. The summed E-state index contributed by atoms with van der Waals surface area (Å²) in [6.45, 7) is 4.52. The number of methoxy groups -OCH3 is 1. The molecule has 214 valence electrons. The predicted octanol–water partition coefficient (Wildman–Crippen LogP) is 5.26. The van der Waals surface area contributed by atoms with E-state index in [9.17, 15) is 18.8 Å². The van der Waals surface area contributed by atoms with Crippen LogP contribution in [0.2, 0.25) is 0 Å². The molecule has 1 aliphatic heterocycles. The monoisotopic (exact) mass is 562 g/mol. The number of hydrogen-bond acceptors (Lipinski definition) is 7. The lowest BCUT2D eigenvalue weighted by atomic mass is 10.1. The number of carbonyl (C=O) groups is 3. The first kappa shape index (κ1) is 29.1. The molecular weight excluding hydrogens is 531 g/mol. The van der Waals surface area contributed by atoms with Crippen LogP contribution in [-0.4, -0.2) is 43.1 Å². The minimum absolute atomic E-state index is 0.0123. The van der Waals surface area contributed by atoms with Crippen LogP contribution in [-0.2, 0) is 22.7 Å². The van der Waals surface area contributed by atoms with Gasteiger partial charge in [0.2, 0.25) is 0 Å². The maximum Gasteiger partial charge on any atom is 0.331 e. The number of amides is 4. The first-order valence-electron chi connectivity index (χ1n) is 13.2. The van der Waals surface area contributed by atoms with Crippen LogP contribution in [0, 0.1) is 5.82 Å². The molecule has 0 spiro atoms. The Morgan fingerprint density at radius 3 is 2.37 bits per heavy atom. The topological polar surface area (TPSA) is 103 Å². The van der Waals surface area contributed by atoms with Crippen molar-refractivity contribution in [1.29, 1.82) is 0 Å². The highest BCUT2D eigenvalue weighted by molar-refractivity contribution is 6.30. The maximum absolute atomic E-state index is 14.0. The van der Waals surface area contributed by atoms with Gasteiger partial charge in [0.1, 0.15) is 18.0 Å². The number of benzene rings is 3. The number of hydrogen-bond donors (Lipinski definition) is 1. The van der Waals surface area contributed by atoms with Gasteiger partial charge in [-0.1, -0.05) is 37.3 Å². The molecule has 0 atom stereocenters. The molecule has 1 saturated heterocycles. The Kier molecular flexibility index (Phi) is 9.57. The van der Waals surface area contributed by atoms with E-state index < -0.39 is 17.8 Å². The van der Waals surface area contributed by atoms with Crippen LogP contribution >= 0.6 is 0 Å². The fraction of sp³-hybridized carbons (Fsp3) is 0.258. The van der Waals surface area contributed by atoms with E-state index >= 15 is 0 Å². The summed E-state index contributed by atoms with van der Waals surface area (Å²) in [4.78, 5) is 39.5. The van der Waals surface area contributed by atoms with Crippen LogP contribution < -0.4 is 24.3 Å². The van der Waals surface area contributed by atoms with Gasteiger partial charge in [-0.25, -0.2) is 9.18 Å². The zero-order valence-corrected chi connectivity index (χ0v) is 23.1. The van der Waals surface area contributed by atoms with Crippen LogP contribution in [0.1, 0.15) is 37.0 Å². The summed E-state index contributed by atoms with van der Waals surface area (Å²) < 4.78 is 36.5. The SMILES string of the molecule is CCCOc1ccc(CN2C(=O)NC(=O)/C(=C\c3ccc(OCc4ccccc4F)c(OCC)c3)C2=O)cc1OC. The van der Waals surface area contributed by atoms with Gasteiger partial charge in [-0.3, -0.25) is 19.8 Å². The Balaban J connectivity index is 1.55. The lowest BCUT2D eigenvalue weighted by molar-refractivity contribution is -0.130. The van der Waals surface area contributed by atoms with E-state index in [4.69, 9.17) is 18.9 Å². The Labute approximate surface area is 237 Å². The highest BCUT2D eigenvalue weighted by Gasteiger charge is 2.36. The van der Waals surface area contributed by atoms with Crippen LogP contribution in [0.3, 0.4) is 0 Å². The molecule has 3 aromatic carbocycles. The van der Waals surface area contributed by atoms with Gasteiger partial charge in [0.15, 0.2) is 23.0 Å². The third-order valence-electron chi connectivity index (χ3n) is 6.14. The number of imide groups is 2. The molecule has 4 amide bonds. The van der Waals surface area contributed by atoms with Crippen molar-refractivity contribution in [1.82, 2.24) is 10.2 Å². The molecule has 1 aliphatic rings. The molecule has 41 heavy (non-hydrogen) atoms. The summed E-state index contributed by atoms with van der Waals surface area (Å²) >= 11 is 0. The Bertz CT molecular complexity index is 1470. The van der Waals surface area contributed by atoms with Crippen molar-refractivity contribution in [3.05, 3.63) is 88.7 Å². The zero-order valence-electron chi connectivity index (χ0n) is 23.1. The molecule has 9 nitrogen and oxygen atoms in total. The van der Waals surface area contributed by atoms with Crippen LogP contribution in [0.4, 0.5) is 9.18 Å². The fourth-order valence-electron chi connectivity index (χ4n) is 4.10. The van der Waals surface area contributed by atoms with E-state index in [0.717, 1.165) is 11.3 Å². The van der Waals surface area contributed by atoms with Crippen molar-refractivity contribution in [2.75, 3.05) is 20.3 Å². The van der Waals surface area contributed by atoms with Crippen LogP contribution in [0.15, 0.2) is 66.2 Å². The summed E-state index contributed by atoms with van der Waals surface area (Å²) in [7, 11) is 1.50. The summed E-state index contributed by atoms with van der Waals surface area (Å²) in [5.74, 6) is -0.201. The number of ether oxygens (including phenoxy) is 4. The second-order valence-electron chi connectivity index (χ2n) is 9.06. The van der Waals surface area contributed by atoms with E-state index in [1.807, 2.05) is 6.92 Å². The first-order chi connectivity index (χ1) is 19.8. The molecule has 3 aromatic rings. The molecule has 0 aliphatic carbocycles. The molecule has 0 radical (unpaired) electrons. The highest BCUT2D eigenvalue weighted by atomic mass is 19.1. The molecule has 0 aromatic heterocycles. The fourth-order valence-corrected chi connectivity index (χ4v) is 4.10. The predicted molar refractivity (Wildman–Crippen MR) is 149 cm³/mol. The molecule has 0 bridgehead atoms. The average Bonchev–Trinajstić information content (AvgIpc) is 2.97. The van der Waals surface area contributed by atoms with Crippen molar-refractivity contribution in [2.45, 2.75) is 33.4 Å². The number of nitrogens with zero attached hydrogens (tertiary/aromatic N) is 1. The van der Waals surface area contributed by atoms with Gasteiger partial charge in [-0.05, 0) is 60.9 Å². The van der Waals surface area contributed by atoms with Gasteiger partial charge in [0.25, 0.3) is 11.8 Å². The number of rotatable bonds is 12. The minimum Gasteiger partial charge on any atom is -0.493 e. The van der Waals surface area contributed by atoms with Crippen molar-refractivity contribution in [3.8, 4) is 23.0 Å². The molecule has 4 rings (SSSR count). The number of nitrogens with one attached hydrogen (secondary N) is 1. The molecule has 1 fully saturated rings. The largest absolute Gasteiger partial charge is 0.493 e. The number of barbiturate groups is 1. The lowest BCUT2D eigenvalue weighted by Crippen LogP contribution is -2.53. The lowest BCUT2D eigenvalue weighted by Gasteiger charge is -2.26. The van der Waals surface area contributed by atoms with Crippen molar-refractivity contribution in [3.63, 3.8) is 0 Å². The smallest absolute Gasteiger partial charge is 0.331 e. The van der Waals surface area contributed by atoms with E-state index in [1.54, 1.807) is 61.5 Å². The Hall–Kier alpha value is -4.86. The third kappa shape index (κ3) is 7.02. The van der Waals surface area contributed by atoms with Gasteiger partial charge < -0.3 is 18.9 Å². The Morgan fingerprint density at radius 1 is 0.878 bits per heavy atom. The second kappa shape index (κ2) is 13.5. The second-order valence-corrected chi connectivity index (χ2v) is 9.06. The molecular formula is C31H31FN2O7. The quantitative estimate of drug-likeness (QED) is 0.237. The van der Waals surface area contributed by atoms with Crippen LogP contribution in [0.25, 0.3) is 6.08 Å². The van der Waals surface area contributed by atoms with E-state index in [0.29, 0.717) is 52.9 Å². The number of halogens is 1. The van der Waals surface area contributed by atoms with E-state index in [1.165, 1.54) is 19.3 Å². The standard InChI is InChI=1S/C31H31FN2O7/c1-4-14-40-25-13-11-21(17-27(25)38-3)18-34-30(36)23(29(35)33-31(34)37)15-20-10-12-26(28(16-20)39-5-2)41-19-22-8-6-7-9-24(22)32/h6-13,15-17H,4-5,14,18-19H2,1-3H3,(H,33,35,37)/b23-15+. The normalized spacial score (nSPS) is 14.2. The summed E-state index contributed by atoms with van der Waals surface area (Å²) in [6, 6.07) is 15.4. The molecule has 0 saturated carbocycles. The summed E-state index contributed by atoms with van der Waals surface area (Å²) in [5.41, 5.74) is 1.24. The van der Waals surface area contributed by atoms with Crippen molar-refractivity contribution < 1.29 is 37.7 Å². The number of carbonyl (C=O) groups excluding carboxylic acids is 3. The summed E-state index contributed by atoms with van der Waals surface area (Å²) in [6.07, 6.45) is 2.20. The first-order valence-corrected chi connectivity index (χ1v) is 13.2. The average molecular weight is 563 g/mol. The molecule has 1 N–H and O–H groups in total. The van der Waals surface area contributed by atoms with Crippen molar-refractivity contribution >= 4 is 23.9 Å². The van der Waals surface area contributed by atoms with E-state index in [2.05, 4.69) is 5.32 Å². The van der Waals surface area contributed by atoms with Gasteiger partial charge in [-0.15, -0.1) is 0 Å². The van der Waals surface area contributed by atoms with Gasteiger partial charge in [-0.2, -0.15) is 0 Å². The zero-order chi connectivity index (χ0) is 29.4. The van der Waals surface area contributed by atoms with E-state index in [-0.39, 0.29) is 24.5 Å². The molecule has 10 heteroatoms. The van der Waals surface area contributed by atoms with Gasteiger partial charge >= 0.3 is 6.03 Å². The highest BCUT2D eigenvalue weighted by Crippen LogP contribution is 2.32. The summed E-state index contributed by atoms with van der Waals surface area (Å²) in [5, 5.41) is 2.22. The molecule has 1 heterocycles. The van der Waals surface area contributed by atoms with Crippen molar-refractivity contribution in [2.24, 2.45) is 0 Å².